The van der Waals surface area contributed by atoms with Gasteiger partial charge in [0, 0.05) is 0 Å². The standard InChI is InChI=1S/C13H15FINO/c1-7(2)9-5-10(14)12(15)11(8(3)4)13(9)16-6-17/h5,7-8H,1-4H3. The van der Waals surface area contributed by atoms with Crippen LogP contribution in [-0.2, 0) is 4.79 Å². The van der Waals surface area contributed by atoms with Gasteiger partial charge in [-0.1, -0.05) is 27.7 Å². The van der Waals surface area contributed by atoms with E-state index in [0.29, 0.717) is 9.26 Å². The summed E-state index contributed by atoms with van der Waals surface area (Å²) in [6.45, 7) is 7.83. The number of carbonyl (C=O) groups excluding carboxylic acids is 1. The number of nitrogens with zero attached hydrogens (tertiary/aromatic N) is 1. The summed E-state index contributed by atoms with van der Waals surface area (Å²) in [5.41, 5.74) is 2.13. The molecule has 92 valence electrons. The van der Waals surface area contributed by atoms with E-state index >= 15 is 0 Å². The summed E-state index contributed by atoms with van der Waals surface area (Å²) in [5, 5.41) is 0. The zero-order valence-electron chi connectivity index (χ0n) is 10.3. The molecule has 0 aliphatic heterocycles. The van der Waals surface area contributed by atoms with Crippen LogP contribution in [0, 0.1) is 9.39 Å². The van der Waals surface area contributed by atoms with Crippen LogP contribution in [0.15, 0.2) is 11.1 Å². The second-order valence-corrected chi connectivity index (χ2v) is 5.62. The van der Waals surface area contributed by atoms with Gasteiger partial charge in [0.15, 0.2) is 0 Å². The van der Waals surface area contributed by atoms with Gasteiger partial charge in [-0.05, 0) is 51.6 Å². The Morgan fingerprint density at radius 2 is 1.88 bits per heavy atom. The topological polar surface area (TPSA) is 29.4 Å². The number of benzene rings is 1. The number of halogens is 2. The lowest BCUT2D eigenvalue weighted by atomic mass is 9.92. The molecule has 17 heavy (non-hydrogen) atoms. The van der Waals surface area contributed by atoms with Crippen molar-refractivity contribution in [3.63, 3.8) is 0 Å². The van der Waals surface area contributed by atoms with E-state index in [-0.39, 0.29) is 17.7 Å². The van der Waals surface area contributed by atoms with Crippen LogP contribution in [0.1, 0.15) is 50.7 Å². The van der Waals surface area contributed by atoms with Crippen molar-refractivity contribution < 1.29 is 9.18 Å². The predicted molar refractivity (Wildman–Crippen MR) is 75.1 cm³/mol. The Balaban J connectivity index is 3.69. The summed E-state index contributed by atoms with van der Waals surface area (Å²) in [7, 11) is 0. The van der Waals surface area contributed by atoms with Crippen molar-refractivity contribution >= 4 is 34.4 Å². The van der Waals surface area contributed by atoms with Gasteiger partial charge >= 0.3 is 0 Å². The molecule has 0 radical (unpaired) electrons. The SMILES string of the molecule is CC(C)c1cc(F)c(I)c(C(C)C)c1N=C=O. The Kier molecular flexibility index (Phi) is 4.83. The third-order valence-corrected chi connectivity index (χ3v) is 3.71. The van der Waals surface area contributed by atoms with E-state index in [2.05, 4.69) is 4.99 Å². The van der Waals surface area contributed by atoms with Crippen molar-refractivity contribution in [1.82, 2.24) is 0 Å². The van der Waals surface area contributed by atoms with Crippen molar-refractivity contribution in [3.05, 3.63) is 26.6 Å². The summed E-state index contributed by atoms with van der Waals surface area (Å²) in [4.78, 5) is 14.3. The number of rotatable bonds is 3. The zero-order chi connectivity index (χ0) is 13.2. The number of aliphatic imine (C=N–C) groups is 1. The van der Waals surface area contributed by atoms with E-state index in [9.17, 15) is 9.18 Å². The summed E-state index contributed by atoms with van der Waals surface area (Å²) in [6.07, 6.45) is 1.57. The Morgan fingerprint density at radius 3 is 2.29 bits per heavy atom. The van der Waals surface area contributed by atoms with Crippen LogP contribution in [0.4, 0.5) is 10.1 Å². The van der Waals surface area contributed by atoms with Gasteiger partial charge in [-0.3, -0.25) is 0 Å². The Hall–Kier alpha value is -0.740. The van der Waals surface area contributed by atoms with Crippen molar-refractivity contribution in [2.75, 3.05) is 0 Å². The highest BCUT2D eigenvalue weighted by molar-refractivity contribution is 14.1. The number of hydrogen-bond donors (Lipinski definition) is 0. The average Bonchev–Trinajstić information content (AvgIpc) is 2.22. The largest absolute Gasteiger partial charge is 0.240 e. The van der Waals surface area contributed by atoms with E-state index in [0.717, 1.165) is 11.1 Å². The maximum atomic E-state index is 13.8. The smallest absolute Gasteiger partial charge is 0.211 e. The molecule has 2 nitrogen and oxygen atoms in total. The molecule has 0 heterocycles. The fourth-order valence-electron chi connectivity index (χ4n) is 1.79. The molecule has 0 aromatic heterocycles. The average molecular weight is 347 g/mol. The summed E-state index contributed by atoms with van der Waals surface area (Å²) in [5.74, 6) is -0.0175. The van der Waals surface area contributed by atoms with Crippen LogP contribution < -0.4 is 0 Å². The van der Waals surface area contributed by atoms with E-state index in [1.165, 1.54) is 6.07 Å². The quantitative estimate of drug-likeness (QED) is 0.445. The number of hydrogen-bond acceptors (Lipinski definition) is 2. The van der Waals surface area contributed by atoms with Crippen LogP contribution in [0.2, 0.25) is 0 Å². The predicted octanol–water partition coefficient (Wildman–Crippen LogP) is 4.64. The normalized spacial score (nSPS) is 10.8. The van der Waals surface area contributed by atoms with Crippen molar-refractivity contribution in [2.45, 2.75) is 39.5 Å². The molecule has 4 heteroatoms. The van der Waals surface area contributed by atoms with Gasteiger partial charge in [-0.2, -0.15) is 4.99 Å². The molecular weight excluding hydrogens is 332 g/mol. The lowest BCUT2D eigenvalue weighted by molar-refractivity contribution is 0.565. The van der Waals surface area contributed by atoms with Crippen LogP contribution >= 0.6 is 22.6 Å². The molecule has 0 aliphatic carbocycles. The van der Waals surface area contributed by atoms with Crippen LogP contribution in [0.25, 0.3) is 0 Å². The van der Waals surface area contributed by atoms with Crippen LogP contribution in [0.3, 0.4) is 0 Å². The molecule has 0 bridgehead atoms. The summed E-state index contributed by atoms with van der Waals surface area (Å²) < 4.78 is 14.4. The Labute approximate surface area is 114 Å². The molecular formula is C13H15FINO. The molecule has 0 saturated carbocycles. The zero-order valence-corrected chi connectivity index (χ0v) is 12.5. The summed E-state index contributed by atoms with van der Waals surface area (Å²) >= 11 is 1.96. The van der Waals surface area contributed by atoms with Crippen LogP contribution in [-0.4, -0.2) is 6.08 Å². The van der Waals surface area contributed by atoms with E-state index in [4.69, 9.17) is 0 Å². The molecule has 0 aliphatic rings. The monoisotopic (exact) mass is 347 g/mol. The van der Waals surface area contributed by atoms with Gasteiger partial charge in [-0.15, -0.1) is 0 Å². The third-order valence-electron chi connectivity index (χ3n) is 2.61. The van der Waals surface area contributed by atoms with Gasteiger partial charge in [0.1, 0.15) is 5.82 Å². The fraction of sp³-hybridized carbons (Fsp3) is 0.462. The number of isocyanates is 1. The fourth-order valence-corrected chi connectivity index (χ4v) is 2.83. The maximum absolute atomic E-state index is 13.8. The maximum Gasteiger partial charge on any atom is 0.240 e. The van der Waals surface area contributed by atoms with Gasteiger partial charge in [0.2, 0.25) is 6.08 Å². The highest BCUT2D eigenvalue weighted by Crippen LogP contribution is 2.38. The van der Waals surface area contributed by atoms with E-state index < -0.39 is 0 Å². The molecule has 0 spiro atoms. The highest BCUT2D eigenvalue weighted by Gasteiger charge is 2.20. The highest BCUT2D eigenvalue weighted by atomic mass is 127. The first-order valence-electron chi connectivity index (χ1n) is 5.49. The second-order valence-electron chi connectivity index (χ2n) is 4.54. The molecule has 0 atom stereocenters. The van der Waals surface area contributed by atoms with Gasteiger partial charge in [-0.25, -0.2) is 9.18 Å². The van der Waals surface area contributed by atoms with Gasteiger partial charge in [0.25, 0.3) is 0 Å². The molecule has 0 saturated heterocycles. The minimum atomic E-state index is -0.247. The van der Waals surface area contributed by atoms with E-state index in [1.807, 2.05) is 50.3 Å². The molecule has 1 rings (SSSR count). The van der Waals surface area contributed by atoms with Gasteiger partial charge in [0.05, 0.1) is 9.26 Å². The minimum Gasteiger partial charge on any atom is -0.211 e. The lowest BCUT2D eigenvalue weighted by Crippen LogP contribution is -2.01. The van der Waals surface area contributed by atoms with Crippen molar-refractivity contribution in [3.8, 4) is 0 Å². The van der Waals surface area contributed by atoms with Crippen molar-refractivity contribution in [2.24, 2.45) is 4.99 Å². The van der Waals surface area contributed by atoms with E-state index in [1.54, 1.807) is 6.08 Å². The summed E-state index contributed by atoms with van der Waals surface area (Å²) in [6, 6.07) is 1.47. The second kappa shape index (κ2) is 5.74. The van der Waals surface area contributed by atoms with Crippen LogP contribution in [0.5, 0.6) is 0 Å². The third kappa shape index (κ3) is 2.93. The minimum absolute atomic E-state index is 0.113. The molecule has 0 amide bonds. The van der Waals surface area contributed by atoms with Crippen molar-refractivity contribution in [1.29, 1.82) is 0 Å². The first kappa shape index (κ1) is 14.3. The van der Waals surface area contributed by atoms with Gasteiger partial charge < -0.3 is 0 Å². The molecule has 0 fully saturated rings. The molecule has 1 aromatic rings. The first-order chi connectivity index (χ1) is 7.90. The Morgan fingerprint density at radius 1 is 1.29 bits per heavy atom. The molecule has 0 N–H and O–H groups in total. The molecule has 1 aromatic carbocycles. The molecule has 0 unspecified atom stereocenters. The first-order valence-corrected chi connectivity index (χ1v) is 6.57. The lowest BCUT2D eigenvalue weighted by Gasteiger charge is -2.17. The Bertz CT molecular complexity index is 477.